The molecule has 2 fully saturated rings. The van der Waals surface area contributed by atoms with Gasteiger partial charge in [0.15, 0.2) is 0 Å². The number of sulfonamides is 1. The molecule has 3 rings (SSSR count). The number of rotatable bonds is 7. The van der Waals surface area contributed by atoms with Crippen LogP contribution in [-0.4, -0.2) is 49.8 Å². The van der Waals surface area contributed by atoms with Crippen LogP contribution in [-0.2, 0) is 19.6 Å². The minimum atomic E-state index is -3.96. The molecule has 2 amide bonds. The lowest BCUT2D eigenvalue weighted by molar-refractivity contribution is -0.143. The average Bonchev–Trinajstić information content (AvgIpc) is 3.09. The summed E-state index contributed by atoms with van der Waals surface area (Å²) in [5.74, 6) is -0.643. The Hall–Kier alpha value is -2.44. The largest absolute Gasteiger partial charge is 0.339 e. The van der Waals surface area contributed by atoms with E-state index in [2.05, 4.69) is 30.0 Å². The van der Waals surface area contributed by atoms with Crippen LogP contribution in [0.1, 0.15) is 53.5 Å². The highest BCUT2D eigenvalue weighted by Gasteiger charge is 2.69. The Labute approximate surface area is 203 Å². The number of piperidine rings is 1. The van der Waals surface area contributed by atoms with Crippen molar-refractivity contribution in [1.29, 1.82) is 5.26 Å². The normalized spacial score (nSPS) is 25.1. The van der Waals surface area contributed by atoms with E-state index in [1.54, 1.807) is 32.9 Å². The van der Waals surface area contributed by atoms with Gasteiger partial charge in [-0.05, 0) is 48.1 Å². The monoisotopic (exact) mass is 488 g/mol. The number of carbonyl (C=O) groups is 2. The highest BCUT2D eigenvalue weighted by molar-refractivity contribution is 7.89. The van der Waals surface area contributed by atoms with E-state index >= 15 is 0 Å². The van der Waals surface area contributed by atoms with Crippen LogP contribution in [0, 0.1) is 40.9 Å². The van der Waals surface area contributed by atoms with Gasteiger partial charge in [0.25, 0.3) is 0 Å². The Bertz CT molecular complexity index is 1100. The van der Waals surface area contributed by atoms with Crippen LogP contribution in [0.2, 0.25) is 0 Å². The van der Waals surface area contributed by atoms with Crippen molar-refractivity contribution in [2.75, 3.05) is 6.54 Å². The third kappa shape index (κ3) is 4.84. The highest BCUT2D eigenvalue weighted by atomic mass is 32.2. The lowest BCUT2D eigenvalue weighted by atomic mass is 9.86. The second kappa shape index (κ2) is 8.97. The van der Waals surface area contributed by atoms with Crippen molar-refractivity contribution >= 4 is 21.8 Å². The second-order valence-corrected chi connectivity index (χ2v) is 12.9. The Kier molecular flexibility index (Phi) is 6.90. The standard InChI is InChI=1S/C25H36N4O4S/c1-8-16(13-26)27-22(30)20-19-18(25(19,6)7)14-29(20)23(31)21(24(3,4)5)28-34(32,33)17-11-9-15(2)10-12-17/h9-12,16,18-21,28H,8,14H2,1-7H3,(H,27,30)/t16-,18-,19-,20-,21+/m0/s1. The molecule has 0 aromatic heterocycles. The van der Waals surface area contributed by atoms with E-state index in [9.17, 15) is 23.3 Å². The van der Waals surface area contributed by atoms with E-state index < -0.39 is 39.5 Å². The van der Waals surface area contributed by atoms with E-state index in [0.717, 1.165) is 5.56 Å². The SMILES string of the molecule is CC[C@@H](C#N)NC(=O)[C@@H]1[C@@H]2[C@H](CN1C(=O)[C@@H](NS(=O)(=O)c1ccc(C)cc1)C(C)(C)C)C2(C)C. The van der Waals surface area contributed by atoms with Crippen molar-refractivity contribution in [3.05, 3.63) is 29.8 Å². The maximum atomic E-state index is 13.8. The summed E-state index contributed by atoms with van der Waals surface area (Å²) in [5.41, 5.74) is 0.0978. The van der Waals surface area contributed by atoms with Crippen LogP contribution in [0.25, 0.3) is 0 Å². The molecule has 1 heterocycles. The molecule has 5 atom stereocenters. The molecule has 1 saturated carbocycles. The zero-order valence-corrected chi connectivity index (χ0v) is 21.9. The highest BCUT2D eigenvalue weighted by Crippen LogP contribution is 2.65. The predicted octanol–water partition coefficient (Wildman–Crippen LogP) is 2.59. The number of hydrogen-bond acceptors (Lipinski definition) is 5. The third-order valence-corrected chi connectivity index (χ3v) is 8.80. The lowest BCUT2D eigenvalue weighted by Crippen LogP contribution is -2.59. The summed E-state index contributed by atoms with van der Waals surface area (Å²) < 4.78 is 28.9. The zero-order chi connectivity index (χ0) is 25.6. The summed E-state index contributed by atoms with van der Waals surface area (Å²) >= 11 is 0. The van der Waals surface area contributed by atoms with Crippen molar-refractivity contribution < 1.29 is 18.0 Å². The smallest absolute Gasteiger partial charge is 0.244 e. The van der Waals surface area contributed by atoms with Crippen LogP contribution < -0.4 is 10.0 Å². The van der Waals surface area contributed by atoms with E-state index in [0.29, 0.717) is 13.0 Å². The molecule has 34 heavy (non-hydrogen) atoms. The van der Waals surface area contributed by atoms with Gasteiger partial charge in [0, 0.05) is 6.54 Å². The molecule has 8 nitrogen and oxygen atoms in total. The molecular weight excluding hydrogens is 452 g/mol. The molecule has 9 heteroatoms. The molecule has 0 spiro atoms. The maximum absolute atomic E-state index is 13.8. The quantitative estimate of drug-likeness (QED) is 0.611. The third-order valence-electron chi connectivity index (χ3n) is 7.36. The van der Waals surface area contributed by atoms with Gasteiger partial charge in [0.1, 0.15) is 18.1 Å². The average molecular weight is 489 g/mol. The predicted molar refractivity (Wildman–Crippen MR) is 129 cm³/mol. The maximum Gasteiger partial charge on any atom is 0.244 e. The van der Waals surface area contributed by atoms with Crippen molar-refractivity contribution in [2.45, 2.75) is 77.9 Å². The molecular formula is C25H36N4O4S. The van der Waals surface area contributed by atoms with Gasteiger partial charge < -0.3 is 10.2 Å². The first kappa shape index (κ1) is 26.2. The number of amides is 2. The van der Waals surface area contributed by atoms with Crippen LogP contribution in [0.15, 0.2) is 29.2 Å². The van der Waals surface area contributed by atoms with Crippen LogP contribution in [0.4, 0.5) is 0 Å². The summed E-state index contributed by atoms with van der Waals surface area (Å²) in [7, 11) is -3.96. The topological polar surface area (TPSA) is 119 Å². The van der Waals surface area contributed by atoms with Crippen molar-refractivity contribution in [2.24, 2.45) is 22.7 Å². The van der Waals surface area contributed by atoms with E-state index in [4.69, 9.17) is 0 Å². The number of nitrogens with zero attached hydrogens (tertiary/aromatic N) is 2. The van der Waals surface area contributed by atoms with E-state index in [1.165, 1.54) is 17.0 Å². The Morgan fingerprint density at radius 1 is 1.24 bits per heavy atom. The lowest BCUT2D eigenvalue weighted by Gasteiger charge is -2.37. The molecule has 2 aliphatic rings. The van der Waals surface area contributed by atoms with Crippen molar-refractivity contribution in [1.82, 2.24) is 14.9 Å². The van der Waals surface area contributed by atoms with Crippen LogP contribution in [0.5, 0.6) is 0 Å². The summed E-state index contributed by atoms with van der Waals surface area (Å²) in [6.45, 7) is 13.6. The fourth-order valence-corrected chi connectivity index (χ4v) is 6.40. The first-order valence-corrected chi connectivity index (χ1v) is 13.2. The number of aryl methyl sites for hydroxylation is 1. The molecule has 1 aliphatic carbocycles. The number of fused-ring (bicyclic) bond motifs is 1. The summed E-state index contributed by atoms with van der Waals surface area (Å²) in [6, 6.07) is 6.08. The van der Waals surface area contributed by atoms with Gasteiger partial charge in [0.05, 0.1) is 11.0 Å². The Morgan fingerprint density at radius 3 is 2.32 bits per heavy atom. The minimum absolute atomic E-state index is 0.0260. The van der Waals surface area contributed by atoms with Gasteiger partial charge in [-0.3, -0.25) is 9.59 Å². The van der Waals surface area contributed by atoms with E-state index in [1.807, 2.05) is 13.8 Å². The van der Waals surface area contributed by atoms with E-state index in [-0.39, 0.29) is 28.1 Å². The van der Waals surface area contributed by atoms with Crippen LogP contribution in [0.3, 0.4) is 0 Å². The second-order valence-electron chi connectivity index (χ2n) is 11.2. The molecule has 186 valence electrons. The van der Waals surface area contributed by atoms with Gasteiger partial charge in [-0.25, -0.2) is 8.42 Å². The molecule has 1 aromatic carbocycles. The van der Waals surface area contributed by atoms with Crippen molar-refractivity contribution in [3.8, 4) is 6.07 Å². The fraction of sp³-hybridized carbons (Fsp3) is 0.640. The number of benzene rings is 1. The molecule has 1 aromatic rings. The minimum Gasteiger partial charge on any atom is -0.339 e. The number of likely N-dealkylation sites (tertiary alicyclic amines) is 1. The molecule has 0 unspecified atom stereocenters. The van der Waals surface area contributed by atoms with Gasteiger partial charge in [0.2, 0.25) is 21.8 Å². The van der Waals surface area contributed by atoms with Gasteiger partial charge in [-0.15, -0.1) is 0 Å². The summed E-state index contributed by atoms with van der Waals surface area (Å²) in [4.78, 5) is 28.7. The molecule has 2 N–H and O–H groups in total. The molecule has 0 radical (unpaired) electrons. The first-order chi connectivity index (χ1) is 15.6. The van der Waals surface area contributed by atoms with Crippen LogP contribution >= 0.6 is 0 Å². The summed E-state index contributed by atoms with van der Waals surface area (Å²) in [6.07, 6.45) is 0.460. The molecule has 1 saturated heterocycles. The first-order valence-electron chi connectivity index (χ1n) is 11.7. The molecule has 0 bridgehead atoms. The molecule has 1 aliphatic heterocycles. The Morgan fingerprint density at radius 2 is 1.82 bits per heavy atom. The number of carbonyl (C=O) groups excluding carboxylic acids is 2. The van der Waals surface area contributed by atoms with Gasteiger partial charge in [-0.2, -0.15) is 9.98 Å². The number of hydrogen-bond donors (Lipinski definition) is 2. The number of nitriles is 1. The zero-order valence-electron chi connectivity index (χ0n) is 21.0. The van der Waals surface area contributed by atoms with Gasteiger partial charge >= 0.3 is 0 Å². The number of nitrogens with one attached hydrogen (secondary N) is 2. The van der Waals surface area contributed by atoms with Crippen molar-refractivity contribution in [3.63, 3.8) is 0 Å². The summed E-state index contributed by atoms with van der Waals surface area (Å²) in [5, 5.41) is 12.1. The fourth-order valence-electron chi connectivity index (χ4n) is 5.00. The Balaban J connectivity index is 1.90. The van der Waals surface area contributed by atoms with Gasteiger partial charge in [-0.1, -0.05) is 59.2 Å².